The highest BCUT2D eigenvalue weighted by atomic mass is 32.1. The summed E-state index contributed by atoms with van der Waals surface area (Å²) in [5.74, 6) is 3.52. The molecule has 0 radical (unpaired) electrons. The number of hydrogen-bond acceptors (Lipinski definition) is 14. The van der Waals surface area contributed by atoms with E-state index in [2.05, 4.69) is 217 Å². The van der Waals surface area contributed by atoms with Crippen LogP contribution in [0.2, 0.25) is 54.4 Å². The minimum Gasteiger partial charge on any atom is -0.417 e. The third-order valence-electron chi connectivity index (χ3n) is 25.9. The van der Waals surface area contributed by atoms with Crippen molar-refractivity contribution in [2.75, 3.05) is 26.4 Å². The molecule has 8 rings (SSSR count). The molecule has 2 aromatic rings. The molecule has 6 aliphatic rings. The van der Waals surface area contributed by atoms with Gasteiger partial charge in [-0.2, -0.15) is 16.8 Å². The van der Waals surface area contributed by atoms with Crippen molar-refractivity contribution in [3.63, 3.8) is 0 Å². The monoisotopic (exact) mass is 1550 g/mol. The van der Waals surface area contributed by atoms with E-state index in [9.17, 15) is 5.11 Å². The summed E-state index contributed by atoms with van der Waals surface area (Å²) < 4.78 is 93.8. The maximum atomic E-state index is 9.22. The molecule has 0 bridgehead atoms. The molecule has 19 heteroatoms. The maximum Gasteiger partial charge on any atom is 0.335 e. The quantitative estimate of drug-likeness (QED) is 0.0392. The zero-order valence-electron chi connectivity index (χ0n) is 68.9. The van der Waals surface area contributed by atoms with E-state index < -0.39 is 48.1 Å². The number of aliphatic hydroxyl groups excluding tert-OH is 1. The van der Waals surface area contributed by atoms with Gasteiger partial charge in [-0.05, 0) is 238 Å². The van der Waals surface area contributed by atoms with Gasteiger partial charge in [0.2, 0.25) is 0 Å². The van der Waals surface area contributed by atoms with Crippen molar-refractivity contribution in [3.05, 3.63) is 120 Å². The molecule has 6 unspecified atom stereocenters. The van der Waals surface area contributed by atoms with Crippen LogP contribution >= 0.6 is 0 Å². The van der Waals surface area contributed by atoms with Crippen LogP contribution in [-0.4, -0.2) is 147 Å². The Kier molecular flexibility index (Phi) is 39.4. The third kappa shape index (κ3) is 28.8. The summed E-state index contributed by atoms with van der Waals surface area (Å²) in [6, 6.07) is 25.5. The van der Waals surface area contributed by atoms with Gasteiger partial charge >= 0.3 is 23.1 Å². The second-order valence-corrected chi connectivity index (χ2v) is 50.3. The lowest BCUT2D eigenvalue weighted by Crippen LogP contribution is -2.42. The zero-order chi connectivity index (χ0) is 78.0. The molecule has 2 aromatic carbocycles. The summed E-state index contributed by atoms with van der Waals surface area (Å²) in [4.78, 5) is 0. The lowest BCUT2D eigenvalue weighted by atomic mass is 9.78. The van der Waals surface area contributed by atoms with Crippen LogP contribution in [0, 0.1) is 47.3 Å². The van der Waals surface area contributed by atoms with E-state index in [0.29, 0.717) is 47.3 Å². The Morgan fingerprint density at radius 2 is 0.848 bits per heavy atom. The first kappa shape index (κ1) is 92.9. The molecule has 1 N–H and O–H groups in total. The summed E-state index contributed by atoms with van der Waals surface area (Å²) in [5, 5.41) is 9.65. The topological polar surface area (TPSA) is 172 Å². The van der Waals surface area contributed by atoms with Crippen molar-refractivity contribution in [1.82, 2.24) is 0 Å². The predicted molar refractivity (Wildman–Crippen MR) is 439 cm³/mol. The molecule has 105 heavy (non-hydrogen) atoms. The molecule has 6 heterocycles. The summed E-state index contributed by atoms with van der Waals surface area (Å²) in [6.07, 6.45) is 19.3. The molecule has 0 aromatic heterocycles. The highest BCUT2D eigenvalue weighted by Gasteiger charge is 2.48. The van der Waals surface area contributed by atoms with Crippen LogP contribution in [0.25, 0.3) is 0 Å². The van der Waals surface area contributed by atoms with Crippen LogP contribution in [0.4, 0.5) is 0 Å². The molecule has 0 saturated carbocycles. The van der Waals surface area contributed by atoms with E-state index in [1.54, 1.807) is 0 Å². The number of benzene rings is 2. The van der Waals surface area contributed by atoms with Crippen LogP contribution in [0.5, 0.6) is 0 Å². The second-order valence-electron chi connectivity index (χ2n) is 35.7. The van der Waals surface area contributed by atoms with Crippen molar-refractivity contribution in [3.8, 4) is 0 Å². The molecule has 0 amide bonds. The fourth-order valence-electron chi connectivity index (χ4n) is 16.4. The molecule has 6 saturated heterocycles. The van der Waals surface area contributed by atoms with Gasteiger partial charge in [-0.1, -0.05) is 191 Å². The summed E-state index contributed by atoms with van der Waals surface area (Å²) >= 11 is -1.50. The van der Waals surface area contributed by atoms with Gasteiger partial charge in [-0.3, -0.25) is 0 Å². The highest BCUT2D eigenvalue weighted by Crippen LogP contribution is 2.47. The minimum atomic E-state index is -1.79. The van der Waals surface area contributed by atoms with E-state index in [1.807, 2.05) is 0 Å². The van der Waals surface area contributed by atoms with E-state index in [-0.39, 0.29) is 89.9 Å². The standard InChI is InChI=1S/C46H80O5Si2.C40H66O5Si.2O2S/c1-14-53(15-2,16-3)47-26-20-23-39-29-35(6)42(49-39)25-24-40-28-34(5)36(7)44(50-40)31-45-41(30-38-21-18-17-19-22-38)37(8)43(51-45)27-33(4)32-48-52(12,13)46(9,10)11;1-27(26-42-46(9,10)40(6,7)8)21-37-31(5)35(24-32-15-12-11-13-16-32)39(45-37)25-38-30(4)28(2)22-34(44-38)18-19-36-29(3)23-33(43-36)17-14-20-41;2*1-3-2/h17-19,21-22,33-34,37,39-45H,6-7,14-16,20,23-32H2,1-5,8-13H3;11-13,15-16,27-28,31,33-39,41H,3-4,14,17-26H2,1-2,5-10H3;;/t33-,34+,37+,39-,40-,41?,42?,43+,44?,45-;27-,28+,31+,33-,34-,35?,36?,37+,38?,39-;;/m00../s1. The predicted octanol–water partition coefficient (Wildman–Crippen LogP) is 20.3. The number of aliphatic hydroxyl groups is 1. The number of rotatable bonds is 35. The zero-order valence-corrected chi connectivity index (χ0v) is 73.5. The highest BCUT2D eigenvalue weighted by molar-refractivity contribution is 7.52. The van der Waals surface area contributed by atoms with E-state index in [0.717, 1.165) is 135 Å². The van der Waals surface area contributed by atoms with Crippen LogP contribution in [0.15, 0.2) is 109 Å². The summed E-state index contributed by atoms with van der Waals surface area (Å²) in [5.41, 5.74) is 7.68. The fraction of sp³-hybridized carbons (Fsp3) is 0.767. The van der Waals surface area contributed by atoms with Crippen molar-refractivity contribution >= 4 is 48.1 Å². The molecule has 20 atom stereocenters. The first-order chi connectivity index (χ1) is 49.5. The smallest absolute Gasteiger partial charge is 0.335 e. The molecule has 0 spiro atoms. The summed E-state index contributed by atoms with van der Waals surface area (Å²) in [7, 11) is -5.10. The number of hydrogen-bond donors (Lipinski definition) is 1. The van der Waals surface area contributed by atoms with Crippen LogP contribution in [0.3, 0.4) is 0 Å². The normalized spacial score (nSPS) is 30.2. The molecule has 0 aliphatic carbocycles. The van der Waals surface area contributed by atoms with Crippen LogP contribution in [0.1, 0.15) is 218 Å². The van der Waals surface area contributed by atoms with Gasteiger partial charge in [-0.15, -0.1) is 0 Å². The Labute approximate surface area is 648 Å². The van der Waals surface area contributed by atoms with Gasteiger partial charge in [0, 0.05) is 39.3 Å². The molecular formula is C86H146O14S2Si3. The van der Waals surface area contributed by atoms with Crippen molar-refractivity contribution in [2.24, 2.45) is 47.3 Å². The number of ether oxygens (including phenoxy) is 6. The Morgan fingerprint density at radius 3 is 1.19 bits per heavy atom. The van der Waals surface area contributed by atoms with E-state index in [1.165, 1.54) is 51.6 Å². The fourth-order valence-corrected chi connectivity index (χ4v) is 21.4. The molecule has 6 aliphatic heterocycles. The molecule has 14 nitrogen and oxygen atoms in total. The van der Waals surface area contributed by atoms with Crippen LogP contribution in [-0.2, 0) is 77.7 Å². The van der Waals surface area contributed by atoms with Crippen molar-refractivity contribution in [2.45, 2.75) is 347 Å². The van der Waals surface area contributed by atoms with Crippen molar-refractivity contribution < 1.29 is 63.6 Å². The van der Waals surface area contributed by atoms with Crippen molar-refractivity contribution in [1.29, 1.82) is 0 Å². The first-order valence-electron chi connectivity index (χ1n) is 40.6. The van der Waals surface area contributed by atoms with E-state index >= 15 is 0 Å². The average Bonchev–Trinajstić information content (AvgIpc) is 1.63. The Bertz CT molecular complexity index is 2960. The third-order valence-corrected chi connectivity index (χ3v) is 39.6. The Morgan fingerprint density at radius 1 is 0.495 bits per heavy atom. The van der Waals surface area contributed by atoms with E-state index in [4.69, 9.17) is 58.5 Å². The lowest BCUT2D eigenvalue weighted by molar-refractivity contribution is -0.0749. The van der Waals surface area contributed by atoms with Gasteiger partial charge in [0.05, 0.1) is 73.2 Å². The largest absolute Gasteiger partial charge is 0.417 e. The second kappa shape index (κ2) is 44.5. The maximum absolute atomic E-state index is 9.22. The molecular weight excluding hydrogens is 1410 g/mol. The SMILES string of the molecule is C=C1C[C@H](CCCO)OC1CC[C@H]1C[C@@H](C)C(=C)C(C[C@@H]2O[C@H](C[C@H](C)CO[Si](C)(C)C(C)(C)C)[C@H](C)C2Cc2ccccc2)O1.C=C1C[C@H](CCCO[Si](CC)(CC)CC)OC1CC[C@H]1C[C@@H](C)C(=C)C(C[C@@H]2O[C@H](C[C@H](C)CO[Si](C)(C)C(C)(C)C)[C@H](C)C2Cc2ccccc2)O1.O=S=O.O=S=O. The van der Waals surface area contributed by atoms with Gasteiger partial charge in [0.15, 0.2) is 25.0 Å². The first-order valence-corrected chi connectivity index (χ1v) is 50.3. The molecule has 598 valence electrons. The van der Waals surface area contributed by atoms with Gasteiger partial charge in [0.1, 0.15) is 0 Å². The average molecular weight is 1550 g/mol. The van der Waals surface area contributed by atoms with Gasteiger partial charge in [-0.25, -0.2) is 0 Å². The Hall–Kier alpha value is -2.71. The van der Waals surface area contributed by atoms with Gasteiger partial charge < -0.3 is 46.8 Å². The van der Waals surface area contributed by atoms with Gasteiger partial charge in [0.25, 0.3) is 0 Å². The lowest BCUT2D eigenvalue weighted by Gasteiger charge is -2.38. The summed E-state index contributed by atoms with van der Waals surface area (Å²) in [6.45, 7) is 65.0. The Balaban J connectivity index is 0.000000354. The van der Waals surface area contributed by atoms with Crippen LogP contribution < -0.4 is 0 Å². The molecule has 6 fully saturated rings. The minimum absolute atomic E-state index is 0.00677.